The zero-order valence-electron chi connectivity index (χ0n) is 47.7. The maximum atomic E-state index is 12.5. The minimum Gasteiger partial charge on any atom is -0.466 e. The van der Waals surface area contributed by atoms with Crippen LogP contribution >= 0.6 is 0 Å². The summed E-state index contributed by atoms with van der Waals surface area (Å²) in [5.41, 5.74) is 0. The zero-order chi connectivity index (χ0) is 51.4. The molecule has 6 nitrogen and oxygen atoms in total. The lowest BCUT2D eigenvalue weighted by Gasteiger charge is -2.20. The Morgan fingerprint density at radius 2 is 0.662 bits per heavy atom. The highest BCUT2D eigenvalue weighted by Gasteiger charge is 2.18. The van der Waals surface area contributed by atoms with Crippen LogP contribution in [0.2, 0.25) is 0 Å². The van der Waals surface area contributed by atoms with Gasteiger partial charge in [-0.3, -0.25) is 9.59 Å². The molecule has 71 heavy (non-hydrogen) atoms. The molecule has 0 heterocycles. The van der Waals surface area contributed by atoms with Gasteiger partial charge < -0.3 is 20.3 Å². The van der Waals surface area contributed by atoms with Gasteiger partial charge in [0.05, 0.1) is 25.4 Å². The molecule has 0 bridgehead atoms. The number of esters is 1. The van der Waals surface area contributed by atoms with Crippen LogP contribution in [0.1, 0.15) is 341 Å². The van der Waals surface area contributed by atoms with Gasteiger partial charge in [0.2, 0.25) is 5.91 Å². The van der Waals surface area contributed by atoms with E-state index in [1.807, 2.05) is 6.08 Å². The van der Waals surface area contributed by atoms with Crippen molar-refractivity contribution in [2.75, 3.05) is 13.2 Å². The Kier molecular flexibility index (Phi) is 59.0. The molecule has 2 unspecified atom stereocenters. The van der Waals surface area contributed by atoms with Crippen LogP contribution < -0.4 is 5.32 Å². The van der Waals surface area contributed by atoms with E-state index in [9.17, 15) is 19.8 Å². The Morgan fingerprint density at radius 1 is 0.380 bits per heavy atom. The molecule has 0 aromatic carbocycles. The van der Waals surface area contributed by atoms with Gasteiger partial charge in [0.25, 0.3) is 0 Å². The van der Waals surface area contributed by atoms with Crippen molar-refractivity contribution in [1.82, 2.24) is 5.32 Å². The first-order chi connectivity index (χ1) is 35.0. The largest absolute Gasteiger partial charge is 0.466 e. The van der Waals surface area contributed by atoms with Crippen molar-refractivity contribution < 1.29 is 24.5 Å². The average Bonchev–Trinajstić information content (AvgIpc) is 3.37. The fraction of sp³-hybridized carbons (Fsp3) is 0.877. The second kappa shape index (κ2) is 60.6. The molecule has 3 N–H and O–H groups in total. The highest BCUT2D eigenvalue weighted by molar-refractivity contribution is 5.76. The fourth-order valence-electron chi connectivity index (χ4n) is 9.74. The van der Waals surface area contributed by atoms with E-state index >= 15 is 0 Å². The maximum Gasteiger partial charge on any atom is 0.305 e. The first-order valence-corrected chi connectivity index (χ1v) is 31.8. The van der Waals surface area contributed by atoms with Gasteiger partial charge in [-0.2, -0.15) is 0 Å². The van der Waals surface area contributed by atoms with Crippen molar-refractivity contribution in [3.63, 3.8) is 0 Å². The predicted molar refractivity (Wildman–Crippen MR) is 310 cm³/mol. The van der Waals surface area contributed by atoms with Crippen molar-refractivity contribution in [3.05, 3.63) is 36.5 Å². The fourth-order valence-corrected chi connectivity index (χ4v) is 9.74. The molecule has 0 aromatic heterocycles. The molecule has 0 aliphatic rings. The number of carbonyl (C=O) groups is 2. The smallest absolute Gasteiger partial charge is 0.305 e. The Balaban J connectivity index is 3.47. The molecule has 0 radical (unpaired) electrons. The number of hydrogen-bond donors (Lipinski definition) is 3. The topological polar surface area (TPSA) is 95.9 Å². The van der Waals surface area contributed by atoms with Gasteiger partial charge >= 0.3 is 5.97 Å². The molecule has 2 atom stereocenters. The molecular weight excluding hydrogens is 875 g/mol. The lowest BCUT2D eigenvalue weighted by Crippen LogP contribution is -2.45. The van der Waals surface area contributed by atoms with Crippen LogP contribution in [0.25, 0.3) is 0 Å². The van der Waals surface area contributed by atoms with Gasteiger partial charge in [-0.05, 0) is 83.5 Å². The third-order valence-electron chi connectivity index (χ3n) is 14.6. The van der Waals surface area contributed by atoms with E-state index in [0.717, 1.165) is 51.4 Å². The van der Waals surface area contributed by atoms with E-state index < -0.39 is 12.1 Å². The molecule has 0 rings (SSSR count). The van der Waals surface area contributed by atoms with Crippen molar-refractivity contribution in [3.8, 4) is 0 Å². The quantitative estimate of drug-likeness (QED) is 0.0321. The lowest BCUT2D eigenvalue weighted by atomic mass is 10.0. The van der Waals surface area contributed by atoms with E-state index in [4.69, 9.17) is 4.74 Å². The van der Waals surface area contributed by atoms with E-state index in [-0.39, 0.29) is 18.5 Å². The number of rotatable bonds is 59. The molecule has 418 valence electrons. The number of unbranched alkanes of at least 4 members (excludes halogenated alkanes) is 44. The number of aliphatic hydroxyl groups excluding tert-OH is 2. The summed E-state index contributed by atoms with van der Waals surface area (Å²) in [7, 11) is 0. The Labute approximate surface area is 443 Å². The first kappa shape index (κ1) is 69.1. The summed E-state index contributed by atoms with van der Waals surface area (Å²) in [6.45, 7) is 4.90. The van der Waals surface area contributed by atoms with Crippen LogP contribution in [0.15, 0.2) is 36.5 Å². The summed E-state index contributed by atoms with van der Waals surface area (Å²) in [4.78, 5) is 24.6. The second-order valence-electron chi connectivity index (χ2n) is 21.7. The van der Waals surface area contributed by atoms with Crippen LogP contribution in [0.4, 0.5) is 0 Å². The van der Waals surface area contributed by atoms with Gasteiger partial charge in [0.1, 0.15) is 0 Å². The van der Waals surface area contributed by atoms with Gasteiger partial charge in [0.15, 0.2) is 0 Å². The minimum absolute atomic E-state index is 0.00396. The van der Waals surface area contributed by atoms with E-state index in [2.05, 4.69) is 43.5 Å². The zero-order valence-corrected chi connectivity index (χ0v) is 47.7. The average molecular weight is 999 g/mol. The monoisotopic (exact) mass is 998 g/mol. The molecule has 0 fully saturated rings. The van der Waals surface area contributed by atoms with Crippen molar-refractivity contribution in [1.29, 1.82) is 0 Å². The van der Waals surface area contributed by atoms with Crippen molar-refractivity contribution in [2.45, 2.75) is 353 Å². The molecule has 6 heteroatoms. The SMILES string of the molecule is CCCCCCCCC/C=C\CCCCCCCC(=O)OCCCCCCCCCC/C=C\CCCCCCCCCC(=O)NC(CO)C(O)/C=C/CCCCCCCCCCCCCCCCCCC. The van der Waals surface area contributed by atoms with Gasteiger partial charge in [0, 0.05) is 12.8 Å². The summed E-state index contributed by atoms with van der Waals surface area (Å²) in [5, 5.41) is 23.2. The van der Waals surface area contributed by atoms with Gasteiger partial charge in [-0.25, -0.2) is 0 Å². The van der Waals surface area contributed by atoms with Gasteiger partial charge in [-0.15, -0.1) is 0 Å². The molecule has 1 amide bonds. The summed E-state index contributed by atoms with van der Waals surface area (Å²) in [6.07, 6.45) is 76.1. The second-order valence-corrected chi connectivity index (χ2v) is 21.7. The van der Waals surface area contributed by atoms with Crippen molar-refractivity contribution in [2.24, 2.45) is 0 Å². The highest BCUT2D eigenvalue weighted by atomic mass is 16.5. The number of hydrogen-bond acceptors (Lipinski definition) is 5. The molecule has 0 spiro atoms. The maximum absolute atomic E-state index is 12.5. The number of nitrogens with one attached hydrogen (secondary N) is 1. The number of allylic oxidation sites excluding steroid dienone is 5. The summed E-state index contributed by atoms with van der Waals surface area (Å²) < 4.78 is 5.48. The van der Waals surface area contributed by atoms with E-state index in [1.165, 1.54) is 263 Å². The van der Waals surface area contributed by atoms with Crippen LogP contribution in [-0.4, -0.2) is 47.4 Å². The third-order valence-corrected chi connectivity index (χ3v) is 14.6. The lowest BCUT2D eigenvalue weighted by molar-refractivity contribution is -0.143. The van der Waals surface area contributed by atoms with Crippen LogP contribution in [0.3, 0.4) is 0 Å². The number of amides is 1. The normalized spacial score (nSPS) is 12.8. The summed E-state index contributed by atoms with van der Waals surface area (Å²) in [5.74, 6) is -0.0795. The Bertz CT molecular complexity index is 1150. The van der Waals surface area contributed by atoms with Crippen molar-refractivity contribution >= 4 is 11.9 Å². The molecule has 0 saturated heterocycles. The standard InChI is InChI=1S/C65H123NO5/c1-3-5-7-9-11-13-15-17-19-21-23-26-29-33-37-41-45-49-53-57-63(68)62(61-67)66-64(69)58-54-50-46-42-38-34-30-27-24-22-25-28-32-36-40-44-48-52-56-60-71-65(70)59-55-51-47-43-39-35-31-20-18-16-14-12-10-8-6-4-2/h20,22,24,31,53,57,62-63,67-68H,3-19,21,23,25-30,32-52,54-56,58-61H2,1-2H3,(H,66,69)/b24-22-,31-20-,57-53+. The number of carbonyl (C=O) groups excluding carboxylic acids is 2. The summed E-state index contributed by atoms with van der Waals surface area (Å²) >= 11 is 0. The minimum atomic E-state index is -0.852. The third kappa shape index (κ3) is 57.2. The Morgan fingerprint density at radius 3 is 1.00 bits per heavy atom. The van der Waals surface area contributed by atoms with E-state index in [0.29, 0.717) is 19.4 Å². The predicted octanol–water partition coefficient (Wildman–Crippen LogP) is 20.0. The molecule has 0 aliphatic carbocycles. The highest BCUT2D eigenvalue weighted by Crippen LogP contribution is 2.17. The van der Waals surface area contributed by atoms with Crippen LogP contribution in [-0.2, 0) is 14.3 Å². The van der Waals surface area contributed by atoms with E-state index in [1.54, 1.807) is 6.08 Å². The Hall–Kier alpha value is -1.92. The molecule has 0 aromatic rings. The number of aliphatic hydroxyl groups is 2. The number of ether oxygens (including phenoxy) is 1. The molecular formula is C65H123NO5. The van der Waals surface area contributed by atoms with Gasteiger partial charge in [-0.1, -0.05) is 281 Å². The molecule has 0 saturated carbocycles. The first-order valence-electron chi connectivity index (χ1n) is 31.8. The molecule has 0 aliphatic heterocycles. The van der Waals surface area contributed by atoms with Crippen LogP contribution in [0, 0.1) is 0 Å². The summed E-state index contributed by atoms with van der Waals surface area (Å²) in [6, 6.07) is -0.636. The van der Waals surface area contributed by atoms with Crippen LogP contribution in [0.5, 0.6) is 0 Å².